The van der Waals surface area contributed by atoms with E-state index >= 15 is 0 Å². The molecular weight excluding hydrogens is 468 g/mol. The Morgan fingerprint density at radius 3 is 2.80 bits per heavy atom. The van der Waals surface area contributed by atoms with Crippen LogP contribution in [0.1, 0.15) is 46.6 Å². The summed E-state index contributed by atoms with van der Waals surface area (Å²) in [5, 5.41) is 15.9. The summed E-state index contributed by atoms with van der Waals surface area (Å²) in [6.07, 6.45) is -1.30. The van der Waals surface area contributed by atoms with Crippen molar-refractivity contribution in [2.24, 2.45) is 5.92 Å². The Kier molecular flexibility index (Phi) is 6.95. The van der Waals surface area contributed by atoms with Crippen LogP contribution in [0.2, 0.25) is 0 Å². The van der Waals surface area contributed by atoms with E-state index in [4.69, 9.17) is 5.26 Å². The summed E-state index contributed by atoms with van der Waals surface area (Å²) in [5.74, 6) is -2.47. The van der Waals surface area contributed by atoms with E-state index < -0.39 is 29.7 Å². The molecule has 0 radical (unpaired) electrons. The Balaban J connectivity index is 1.52. The van der Waals surface area contributed by atoms with Gasteiger partial charge in [-0.2, -0.15) is 10.4 Å². The standard InChI is InChI=1S/C23H24F4N6O2/c1-31-10-13(3-2-4-19(25)26)11-33-21(22(31)34)15-12-32(8-7-17(15)30-33)23(35)29-18-6-5-16(24)14(9-28)20(18)27/h5-6,13,19H,2-4,7-8,10-12H2,1H3,(H,29,35). The topological polar surface area (TPSA) is 94.3 Å². The number of fused-ring (bicyclic) bond motifs is 3. The molecule has 0 bridgehead atoms. The Labute approximate surface area is 199 Å². The van der Waals surface area contributed by atoms with Gasteiger partial charge in [0.1, 0.15) is 23.1 Å². The highest BCUT2D eigenvalue weighted by molar-refractivity contribution is 5.95. The van der Waals surface area contributed by atoms with Crippen molar-refractivity contribution >= 4 is 17.6 Å². The molecule has 0 spiro atoms. The summed E-state index contributed by atoms with van der Waals surface area (Å²) in [6, 6.07) is 2.71. The fourth-order valence-corrected chi connectivity index (χ4v) is 4.61. The molecule has 3 amide bonds. The van der Waals surface area contributed by atoms with Gasteiger partial charge in [0, 0.05) is 45.1 Å². The van der Waals surface area contributed by atoms with Gasteiger partial charge in [-0.25, -0.2) is 22.4 Å². The normalized spacial score (nSPS) is 17.6. The zero-order valence-corrected chi connectivity index (χ0v) is 19.0. The minimum absolute atomic E-state index is 0.0273. The van der Waals surface area contributed by atoms with Crippen LogP contribution < -0.4 is 5.32 Å². The smallest absolute Gasteiger partial charge is 0.322 e. The van der Waals surface area contributed by atoms with Crippen LogP contribution in [0.25, 0.3) is 0 Å². The molecule has 8 nitrogen and oxygen atoms in total. The molecule has 1 N–H and O–H groups in total. The largest absolute Gasteiger partial charge is 0.340 e. The van der Waals surface area contributed by atoms with Crippen LogP contribution >= 0.6 is 0 Å². The molecule has 186 valence electrons. The first-order valence-corrected chi connectivity index (χ1v) is 11.3. The third-order valence-corrected chi connectivity index (χ3v) is 6.38. The van der Waals surface area contributed by atoms with Gasteiger partial charge in [-0.3, -0.25) is 9.48 Å². The molecule has 0 fully saturated rings. The number of nitriles is 1. The Morgan fingerprint density at radius 2 is 2.09 bits per heavy atom. The Hall–Kier alpha value is -3.62. The van der Waals surface area contributed by atoms with Crippen LogP contribution in [0.4, 0.5) is 28.0 Å². The first-order chi connectivity index (χ1) is 16.7. The number of carbonyl (C=O) groups excluding carboxylic acids is 2. The van der Waals surface area contributed by atoms with E-state index in [2.05, 4.69) is 10.4 Å². The third-order valence-electron chi connectivity index (χ3n) is 6.38. The first kappa shape index (κ1) is 24.5. The third kappa shape index (κ3) is 4.94. The second-order valence-electron chi connectivity index (χ2n) is 8.83. The molecule has 0 aliphatic carbocycles. The first-order valence-electron chi connectivity index (χ1n) is 11.3. The number of nitrogens with zero attached hydrogens (tertiary/aromatic N) is 5. The number of alkyl halides is 2. The van der Waals surface area contributed by atoms with Gasteiger partial charge in [-0.05, 0) is 30.9 Å². The van der Waals surface area contributed by atoms with Gasteiger partial charge in [0.2, 0.25) is 6.43 Å². The van der Waals surface area contributed by atoms with Crippen LogP contribution in [-0.2, 0) is 19.5 Å². The van der Waals surface area contributed by atoms with E-state index in [1.165, 1.54) is 11.0 Å². The maximum absolute atomic E-state index is 14.4. The lowest BCUT2D eigenvalue weighted by molar-refractivity contribution is 0.0773. The van der Waals surface area contributed by atoms with Crippen molar-refractivity contribution in [3.05, 3.63) is 46.3 Å². The van der Waals surface area contributed by atoms with E-state index in [-0.39, 0.29) is 37.0 Å². The van der Waals surface area contributed by atoms with Crippen LogP contribution in [0.3, 0.4) is 0 Å². The molecule has 1 aromatic heterocycles. The molecule has 4 rings (SSSR count). The lowest BCUT2D eigenvalue weighted by Gasteiger charge is -2.27. The number of carbonyl (C=O) groups is 2. The number of rotatable bonds is 5. The SMILES string of the molecule is CN1CC(CCCC(F)F)Cn2nc3c(c2C1=O)CN(C(=O)Nc1ccc(F)c(C#N)c1F)CC3. The monoisotopic (exact) mass is 492 g/mol. The van der Waals surface area contributed by atoms with Gasteiger partial charge >= 0.3 is 6.03 Å². The van der Waals surface area contributed by atoms with E-state index in [1.807, 2.05) is 0 Å². The fourth-order valence-electron chi connectivity index (χ4n) is 4.61. The van der Waals surface area contributed by atoms with Crippen molar-refractivity contribution < 1.29 is 27.2 Å². The number of halogens is 4. The number of nitrogens with one attached hydrogen (secondary N) is 1. The van der Waals surface area contributed by atoms with Crippen molar-refractivity contribution in [2.75, 3.05) is 25.5 Å². The number of hydrogen-bond acceptors (Lipinski definition) is 4. The van der Waals surface area contributed by atoms with Crippen LogP contribution in [0, 0.1) is 28.9 Å². The second kappa shape index (κ2) is 9.93. The molecule has 2 aliphatic rings. The summed E-state index contributed by atoms with van der Waals surface area (Å²) >= 11 is 0. The molecule has 12 heteroatoms. The maximum atomic E-state index is 14.4. The second-order valence-corrected chi connectivity index (χ2v) is 8.83. The highest BCUT2D eigenvalue weighted by Crippen LogP contribution is 2.29. The highest BCUT2D eigenvalue weighted by Gasteiger charge is 2.35. The summed E-state index contributed by atoms with van der Waals surface area (Å²) in [4.78, 5) is 28.9. The van der Waals surface area contributed by atoms with Gasteiger partial charge in [-0.1, -0.05) is 0 Å². The molecule has 2 aliphatic heterocycles. The number of anilines is 1. The number of benzene rings is 1. The molecule has 0 saturated carbocycles. The molecule has 35 heavy (non-hydrogen) atoms. The van der Waals surface area contributed by atoms with Crippen molar-refractivity contribution in [1.29, 1.82) is 5.26 Å². The maximum Gasteiger partial charge on any atom is 0.322 e. The molecular formula is C23H24F4N6O2. The quantitative estimate of drug-likeness (QED) is 0.644. The average molecular weight is 492 g/mol. The minimum Gasteiger partial charge on any atom is -0.340 e. The lowest BCUT2D eigenvalue weighted by Crippen LogP contribution is -2.40. The lowest BCUT2D eigenvalue weighted by atomic mass is 10.0. The van der Waals surface area contributed by atoms with Gasteiger partial charge in [-0.15, -0.1) is 0 Å². The number of hydrogen-bond donors (Lipinski definition) is 1. The fraction of sp³-hybridized carbons (Fsp3) is 0.478. The minimum atomic E-state index is -2.36. The predicted molar refractivity (Wildman–Crippen MR) is 117 cm³/mol. The van der Waals surface area contributed by atoms with Gasteiger partial charge in [0.25, 0.3) is 5.91 Å². The van der Waals surface area contributed by atoms with Crippen LogP contribution in [-0.4, -0.2) is 58.1 Å². The zero-order chi connectivity index (χ0) is 25.3. The summed E-state index contributed by atoms with van der Waals surface area (Å²) < 4.78 is 54.7. The van der Waals surface area contributed by atoms with Crippen molar-refractivity contribution in [3.8, 4) is 6.07 Å². The molecule has 1 aromatic carbocycles. The van der Waals surface area contributed by atoms with Crippen molar-refractivity contribution in [2.45, 2.75) is 45.2 Å². The summed E-state index contributed by atoms with van der Waals surface area (Å²) in [5.41, 5.74) is 0.515. The van der Waals surface area contributed by atoms with Crippen LogP contribution in [0.15, 0.2) is 12.1 Å². The van der Waals surface area contributed by atoms with Gasteiger partial charge in [0.05, 0.1) is 17.9 Å². The van der Waals surface area contributed by atoms with Gasteiger partial charge in [0.15, 0.2) is 5.82 Å². The number of urea groups is 1. The summed E-state index contributed by atoms with van der Waals surface area (Å²) in [6.45, 7) is 1.13. The predicted octanol–water partition coefficient (Wildman–Crippen LogP) is 3.76. The Bertz CT molecular complexity index is 1190. The van der Waals surface area contributed by atoms with E-state index in [1.54, 1.807) is 16.6 Å². The molecule has 1 atom stereocenters. The number of amides is 3. The van der Waals surface area contributed by atoms with Crippen molar-refractivity contribution in [3.63, 3.8) is 0 Å². The zero-order valence-electron chi connectivity index (χ0n) is 19.0. The molecule has 1 unspecified atom stereocenters. The molecule has 2 aromatic rings. The number of aromatic nitrogens is 2. The highest BCUT2D eigenvalue weighted by atomic mass is 19.3. The Morgan fingerprint density at radius 1 is 1.31 bits per heavy atom. The summed E-state index contributed by atoms with van der Waals surface area (Å²) in [7, 11) is 1.65. The van der Waals surface area contributed by atoms with Crippen LogP contribution in [0.5, 0.6) is 0 Å². The van der Waals surface area contributed by atoms with E-state index in [0.29, 0.717) is 49.3 Å². The molecule has 0 saturated heterocycles. The van der Waals surface area contributed by atoms with Crippen molar-refractivity contribution in [1.82, 2.24) is 19.6 Å². The molecule has 3 heterocycles. The van der Waals surface area contributed by atoms with Gasteiger partial charge < -0.3 is 15.1 Å². The van der Waals surface area contributed by atoms with E-state index in [0.717, 1.165) is 12.1 Å². The van der Waals surface area contributed by atoms with E-state index in [9.17, 15) is 27.2 Å². The average Bonchev–Trinajstić information content (AvgIpc) is 3.11.